The number of hydrogen-bond donors (Lipinski definition) is 3. The lowest BCUT2D eigenvalue weighted by Gasteiger charge is -2.38. The highest BCUT2D eigenvalue weighted by atomic mass is 28.3. The van der Waals surface area contributed by atoms with Crippen LogP contribution in [0.3, 0.4) is 0 Å². The summed E-state index contributed by atoms with van der Waals surface area (Å²) in [6.07, 6.45) is -0.536. The average Bonchev–Trinajstić information content (AvgIpc) is 2.90. The normalized spacial score (nSPS) is 16.9. The fourth-order valence-corrected chi connectivity index (χ4v) is 6.93. The van der Waals surface area contributed by atoms with Gasteiger partial charge in [-0.3, -0.25) is 9.59 Å². The average molecular weight is 541 g/mol. The second-order valence-electron chi connectivity index (χ2n) is 10.4. The lowest BCUT2D eigenvalue weighted by molar-refractivity contribution is 0.0302. The van der Waals surface area contributed by atoms with Crippen molar-refractivity contribution in [3.05, 3.63) is 64.7 Å². The SMILES string of the molecule is CC(C)(C)OC(=O)N1Cc2cc(O)ccc2C[Si]1[C@H](O)CNC(=O)c1ccc(C(=O)N2CCOCC2)cc1. The number of aliphatic hydroxyl groups is 1. The number of rotatable bonds is 5. The summed E-state index contributed by atoms with van der Waals surface area (Å²) in [4.78, 5) is 40.2. The van der Waals surface area contributed by atoms with Crippen molar-refractivity contribution in [2.24, 2.45) is 0 Å². The molecule has 0 aliphatic carbocycles. The lowest BCUT2D eigenvalue weighted by Crippen LogP contribution is -2.58. The van der Waals surface area contributed by atoms with Crippen molar-refractivity contribution in [1.82, 2.24) is 14.8 Å². The number of aromatic hydroxyl groups is 1. The summed E-state index contributed by atoms with van der Waals surface area (Å²) in [5.41, 5.74) is 0.920. The number of amides is 3. The number of phenols is 1. The first kappa shape index (κ1) is 27.6. The molecule has 2 aromatic carbocycles. The van der Waals surface area contributed by atoms with Gasteiger partial charge in [0.05, 0.1) is 18.9 Å². The molecule has 1 saturated heterocycles. The van der Waals surface area contributed by atoms with Gasteiger partial charge in [0.25, 0.3) is 11.8 Å². The molecular formula is C27H34N3O7Si. The van der Waals surface area contributed by atoms with Crippen LogP contribution in [-0.4, -0.2) is 90.7 Å². The Morgan fingerprint density at radius 1 is 1.05 bits per heavy atom. The zero-order chi connectivity index (χ0) is 27.4. The van der Waals surface area contributed by atoms with E-state index < -0.39 is 26.4 Å². The van der Waals surface area contributed by atoms with Crippen molar-refractivity contribution < 1.29 is 34.1 Å². The third kappa shape index (κ3) is 6.71. The van der Waals surface area contributed by atoms with Crippen LogP contribution < -0.4 is 5.32 Å². The first-order chi connectivity index (χ1) is 18.0. The Bertz CT molecular complexity index is 1180. The van der Waals surface area contributed by atoms with Crippen LogP contribution in [0, 0.1) is 0 Å². The van der Waals surface area contributed by atoms with Crippen molar-refractivity contribution in [2.75, 3.05) is 32.8 Å². The van der Waals surface area contributed by atoms with Crippen LogP contribution in [0.2, 0.25) is 0 Å². The van der Waals surface area contributed by atoms with Crippen molar-refractivity contribution in [1.29, 1.82) is 0 Å². The topological polar surface area (TPSA) is 129 Å². The van der Waals surface area contributed by atoms with E-state index >= 15 is 0 Å². The van der Waals surface area contributed by atoms with Gasteiger partial charge in [-0.1, -0.05) is 6.07 Å². The van der Waals surface area contributed by atoms with Gasteiger partial charge in [-0.05, 0) is 74.3 Å². The summed E-state index contributed by atoms with van der Waals surface area (Å²) in [7, 11) is -1.91. The molecule has 10 nitrogen and oxygen atoms in total. The predicted molar refractivity (Wildman–Crippen MR) is 141 cm³/mol. The zero-order valence-corrected chi connectivity index (χ0v) is 22.9. The van der Waals surface area contributed by atoms with E-state index in [0.717, 1.165) is 11.1 Å². The smallest absolute Gasteiger partial charge is 0.402 e. The fraction of sp³-hybridized carbons (Fsp3) is 0.444. The van der Waals surface area contributed by atoms with Crippen LogP contribution in [-0.2, 0) is 22.1 Å². The summed E-state index contributed by atoms with van der Waals surface area (Å²) in [5.74, 6) is -0.385. The minimum absolute atomic E-state index is 0.0473. The van der Waals surface area contributed by atoms with E-state index in [0.29, 0.717) is 43.5 Å². The molecule has 2 aliphatic heterocycles. The molecule has 0 aromatic heterocycles. The molecule has 1 radical (unpaired) electrons. The standard InChI is InChI=1S/C27H34N3O7Si/c1-27(2,3)37-26(35)30-16-21-14-22(31)9-8-20(21)17-38(30)23(32)15-28-24(33)18-4-6-19(7-5-18)25(34)29-10-12-36-13-11-29/h4-9,14,23,31-32H,10-13,15-17H2,1-3H3,(H,28,33)/t23-/m0/s1. The quantitative estimate of drug-likeness (QED) is 0.495. The van der Waals surface area contributed by atoms with Crippen LogP contribution in [0.1, 0.15) is 52.6 Å². The summed E-state index contributed by atoms with van der Waals surface area (Å²) in [5, 5.41) is 23.7. The van der Waals surface area contributed by atoms with Crippen LogP contribution in [0.5, 0.6) is 5.75 Å². The van der Waals surface area contributed by atoms with E-state index in [-0.39, 0.29) is 30.7 Å². The number of phenolic OH excluding ortho intramolecular Hbond substituents is 1. The number of hydrogen-bond acceptors (Lipinski definition) is 7. The number of ether oxygens (including phenoxy) is 2. The number of aliphatic hydroxyl groups excluding tert-OH is 1. The van der Waals surface area contributed by atoms with Crippen LogP contribution >= 0.6 is 0 Å². The number of nitrogens with one attached hydrogen (secondary N) is 1. The fourth-order valence-electron chi connectivity index (χ4n) is 4.41. The van der Waals surface area contributed by atoms with E-state index in [2.05, 4.69) is 5.32 Å². The molecule has 0 unspecified atom stereocenters. The number of morpholine rings is 1. The molecule has 2 heterocycles. The molecule has 2 aliphatic rings. The zero-order valence-electron chi connectivity index (χ0n) is 21.9. The van der Waals surface area contributed by atoms with Gasteiger partial charge in [-0.2, -0.15) is 0 Å². The minimum Gasteiger partial charge on any atom is -0.508 e. The van der Waals surface area contributed by atoms with Crippen molar-refractivity contribution in [2.45, 2.75) is 44.7 Å². The molecule has 3 amide bonds. The molecule has 0 saturated carbocycles. The summed E-state index contributed by atoms with van der Waals surface area (Å²) < 4.78 is 12.4. The summed E-state index contributed by atoms with van der Waals surface area (Å²) in [6, 6.07) is 11.8. The summed E-state index contributed by atoms with van der Waals surface area (Å²) >= 11 is 0. The first-order valence-electron chi connectivity index (χ1n) is 12.6. The van der Waals surface area contributed by atoms with Gasteiger partial charge in [0.15, 0.2) is 0 Å². The van der Waals surface area contributed by atoms with Gasteiger partial charge in [0.1, 0.15) is 11.4 Å². The van der Waals surface area contributed by atoms with Crippen molar-refractivity contribution >= 4 is 26.9 Å². The van der Waals surface area contributed by atoms with Gasteiger partial charge in [0, 0.05) is 37.3 Å². The molecular weight excluding hydrogens is 506 g/mol. The van der Waals surface area contributed by atoms with Gasteiger partial charge in [-0.25, -0.2) is 4.79 Å². The van der Waals surface area contributed by atoms with Gasteiger partial charge < -0.3 is 34.5 Å². The van der Waals surface area contributed by atoms with Crippen LogP contribution in [0.25, 0.3) is 0 Å². The molecule has 1 fully saturated rings. The Balaban J connectivity index is 1.41. The molecule has 203 valence electrons. The van der Waals surface area contributed by atoms with E-state index in [1.807, 2.05) is 0 Å². The highest BCUT2D eigenvalue weighted by molar-refractivity contribution is 6.59. The summed E-state index contributed by atoms with van der Waals surface area (Å²) in [6.45, 7) is 7.58. The Hall–Kier alpha value is -3.41. The van der Waals surface area contributed by atoms with Gasteiger partial charge in [-0.15, -0.1) is 0 Å². The van der Waals surface area contributed by atoms with E-state index in [4.69, 9.17) is 9.47 Å². The number of fused-ring (bicyclic) bond motifs is 1. The number of carbonyl (C=O) groups excluding carboxylic acids is 3. The molecule has 11 heteroatoms. The highest BCUT2D eigenvalue weighted by Crippen LogP contribution is 2.27. The molecule has 1 atom stereocenters. The lowest BCUT2D eigenvalue weighted by atomic mass is 10.1. The molecule has 38 heavy (non-hydrogen) atoms. The van der Waals surface area contributed by atoms with Crippen molar-refractivity contribution in [3.8, 4) is 5.75 Å². The minimum atomic E-state index is -1.91. The Labute approximate surface area is 223 Å². The predicted octanol–water partition coefficient (Wildman–Crippen LogP) is 2.02. The maximum Gasteiger partial charge on any atom is 0.402 e. The third-order valence-corrected chi connectivity index (χ3v) is 9.13. The largest absolute Gasteiger partial charge is 0.508 e. The Kier molecular flexibility index (Phi) is 8.39. The Morgan fingerprint density at radius 2 is 1.71 bits per heavy atom. The Morgan fingerprint density at radius 3 is 2.37 bits per heavy atom. The van der Waals surface area contributed by atoms with Crippen LogP contribution in [0.15, 0.2) is 42.5 Å². The number of carbonyl (C=O) groups is 3. The maximum absolute atomic E-state index is 13.0. The van der Waals surface area contributed by atoms with Gasteiger partial charge >= 0.3 is 6.09 Å². The second kappa shape index (κ2) is 11.5. The van der Waals surface area contributed by atoms with Crippen molar-refractivity contribution in [3.63, 3.8) is 0 Å². The monoisotopic (exact) mass is 540 g/mol. The second-order valence-corrected chi connectivity index (χ2v) is 12.9. The molecule has 3 N–H and O–H groups in total. The van der Waals surface area contributed by atoms with E-state index in [1.54, 1.807) is 72.7 Å². The number of benzene rings is 2. The van der Waals surface area contributed by atoms with Crippen LogP contribution in [0.4, 0.5) is 4.79 Å². The first-order valence-corrected chi connectivity index (χ1v) is 14.4. The molecule has 4 rings (SSSR count). The van der Waals surface area contributed by atoms with Gasteiger partial charge in [0.2, 0.25) is 8.96 Å². The maximum atomic E-state index is 13.0. The molecule has 0 bridgehead atoms. The van der Waals surface area contributed by atoms with E-state index in [9.17, 15) is 24.6 Å². The molecule has 2 aromatic rings. The molecule has 0 spiro atoms. The number of nitrogens with zero attached hydrogens (tertiary/aromatic N) is 2. The van der Waals surface area contributed by atoms with E-state index in [1.165, 1.54) is 0 Å². The highest BCUT2D eigenvalue weighted by Gasteiger charge is 2.39. The third-order valence-electron chi connectivity index (χ3n) is 6.38.